The molecule has 1 atom stereocenters. The lowest BCUT2D eigenvalue weighted by Crippen LogP contribution is -2.52. The lowest BCUT2D eigenvalue weighted by molar-refractivity contribution is -0.192. The normalized spacial score (nSPS) is 21.5. The third-order valence-corrected chi connectivity index (χ3v) is 5.38. The summed E-state index contributed by atoms with van der Waals surface area (Å²) in [4.78, 5) is 53.6. The van der Waals surface area contributed by atoms with Crippen LogP contribution in [-0.2, 0) is 27.5 Å². The number of nitrogens with one attached hydrogen (secondary N) is 2. The highest BCUT2D eigenvalue weighted by atomic mass is 19.4. The minimum atomic E-state index is -5.08. The number of carboxylic acid groups (broad SMARTS) is 1. The van der Waals surface area contributed by atoms with Gasteiger partial charge in [-0.2, -0.15) is 13.2 Å². The van der Waals surface area contributed by atoms with E-state index in [1.54, 1.807) is 17.2 Å². The van der Waals surface area contributed by atoms with Crippen molar-refractivity contribution in [3.8, 4) is 0 Å². The van der Waals surface area contributed by atoms with Crippen molar-refractivity contribution in [2.24, 2.45) is 0 Å². The molecule has 3 N–H and O–H groups in total. The Kier molecular flexibility index (Phi) is 7.09. The lowest BCUT2D eigenvalue weighted by atomic mass is 10.0. The van der Waals surface area contributed by atoms with E-state index in [4.69, 9.17) is 9.90 Å². The molecular weight excluding hydrogens is 435 g/mol. The number of alkyl halides is 3. The number of aromatic nitrogens is 1. The number of pyridine rings is 1. The number of carbonyl (C=O) groups is 4. The maximum Gasteiger partial charge on any atom is 0.490 e. The third-order valence-electron chi connectivity index (χ3n) is 5.38. The van der Waals surface area contributed by atoms with Crippen LogP contribution in [0.25, 0.3) is 0 Å². The summed E-state index contributed by atoms with van der Waals surface area (Å²) in [6.07, 6.45) is -2.77. The highest BCUT2D eigenvalue weighted by molar-refractivity contribution is 6.05. The number of carboxylic acids is 1. The minimum absolute atomic E-state index is 0.145. The van der Waals surface area contributed by atoms with Crippen LogP contribution in [0.3, 0.4) is 0 Å². The summed E-state index contributed by atoms with van der Waals surface area (Å²) in [7, 11) is 0. The Balaban J connectivity index is 0.000000360. The van der Waals surface area contributed by atoms with Crippen LogP contribution in [0.1, 0.15) is 34.5 Å². The van der Waals surface area contributed by atoms with Crippen LogP contribution >= 0.6 is 0 Å². The quantitative estimate of drug-likeness (QED) is 0.536. The number of amides is 3. The monoisotopic (exact) mass is 457 g/mol. The Morgan fingerprint density at radius 1 is 1.22 bits per heavy atom. The summed E-state index contributed by atoms with van der Waals surface area (Å²) in [6.45, 7) is 4.91. The Bertz CT molecular complexity index is 917. The van der Waals surface area contributed by atoms with E-state index in [1.807, 2.05) is 0 Å². The molecule has 32 heavy (non-hydrogen) atoms. The van der Waals surface area contributed by atoms with Crippen molar-refractivity contribution in [3.05, 3.63) is 29.1 Å². The molecule has 4 heterocycles. The van der Waals surface area contributed by atoms with Gasteiger partial charge in [0.1, 0.15) is 6.04 Å². The van der Waals surface area contributed by atoms with Gasteiger partial charge >= 0.3 is 12.1 Å². The highest BCUT2D eigenvalue weighted by Crippen LogP contribution is 2.29. The molecule has 174 valence electrons. The second kappa shape index (κ2) is 9.61. The number of halogens is 3. The van der Waals surface area contributed by atoms with E-state index >= 15 is 0 Å². The molecule has 2 saturated heterocycles. The second-order valence-electron chi connectivity index (χ2n) is 7.51. The number of hydrogen-bond acceptors (Lipinski definition) is 7. The fourth-order valence-corrected chi connectivity index (χ4v) is 3.76. The number of piperazine rings is 1. The van der Waals surface area contributed by atoms with Crippen molar-refractivity contribution in [3.63, 3.8) is 0 Å². The van der Waals surface area contributed by atoms with Gasteiger partial charge in [-0.15, -0.1) is 0 Å². The van der Waals surface area contributed by atoms with E-state index in [-0.39, 0.29) is 24.1 Å². The zero-order valence-electron chi connectivity index (χ0n) is 16.9. The summed E-state index contributed by atoms with van der Waals surface area (Å²) in [5.41, 5.74) is 2.45. The summed E-state index contributed by atoms with van der Waals surface area (Å²) in [5, 5.41) is 12.8. The molecule has 1 unspecified atom stereocenters. The Morgan fingerprint density at radius 2 is 1.88 bits per heavy atom. The van der Waals surface area contributed by atoms with Gasteiger partial charge in [0, 0.05) is 63.0 Å². The van der Waals surface area contributed by atoms with Crippen molar-refractivity contribution in [2.75, 3.05) is 26.2 Å². The van der Waals surface area contributed by atoms with Gasteiger partial charge in [-0.3, -0.25) is 29.6 Å². The van der Waals surface area contributed by atoms with Gasteiger partial charge in [-0.25, -0.2) is 4.79 Å². The van der Waals surface area contributed by atoms with Crippen molar-refractivity contribution in [1.29, 1.82) is 0 Å². The van der Waals surface area contributed by atoms with Crippen LogP contribution in [0.15, 0.2) is 12.3 Å². The first-order valence-corrected chi connectivity index (χ1v) is 9.92. The number of piperidine rings is 1. The van der Waals surface area contributed by atoms with Crippen molar-refractivity contribution < 1.29 is 37.5 Å². The molecule has 0 saturated carbocycles. The molecule has 0 spiro atoms. The molecule has 0 radical (unpaired) electrons. The van der Waals surface area contributed by atoms with Gasteiger partial charge in [-0.1, -0.05) is 0 Å². The average molecular weight is 457 g/mol. The average Bonchev–Trinajstić information content (AvgIpc) is 3.06. The standard InChI is InChI=1S/C17H21N5O3.C2HF3O2/c23-15-2-1-14(16(24)20-15)22-9-12-11(17(22)25)3-4-19-13(12)10-21-7-5-18-6-8-21;3-2(4,5)1(6)7/h3-4,14,18H,1-2,5-10H2,(H,20,23,24);(H,6,7). The molecule has 4 rings (SSSR count). The highest BCUT2D eigenvalue weighted by Gasteiger charge is 2.40. The Morgan fingerprint density at radius 3 is 2.47 bits per heavy atom. The summed E-state index contributed by atoms with van der Waals surface area (Å²) >= 11 is 0. The number of carbonyl (C=O) groups excluding carboxylic acids is 3. The fraction of sp³-hybridized carbons (Fsp3) is 0.526. The Hall–Kier alpha value is -3.06. The van der Waals surface area contributed by atoms with Gasteiger partial charge in [0.15, 0.2) is 0 Å². The van der Waals surface area contributed by atoms with E-state index in [9.17, 15) is 27.6 Å². The first-order valence-electron chi connectivity index (χ1n) is 9.92. The maximum atomic E-state index is 12.8. The first kappa shape index (κ1) is 23.6. The number of aliphatic carboxylic acids is 1. The number of rotatable bonds is 3. The summed E-state index contributed by atoms with van der Waals surface area (Å²) in [5.74, 6) is -3.55. The molecule has 13 heteroatoms. The SMILES string of the molecule is O=C(O)C(F)(F)F.O=C1CCC(N2Cc3c(ccnc3CN3CCNCC3)C2=O)C(=O)N1. The molecule has 2 fully saturated rings. The van der Waals surface area contributed by atoms with Crippen LogP contribution in [0.4, 0.5) is 13.2 Å². The summed E-state index contributed by atoms with van der Waals surface area (Å²) < 4.78 is 31.7. The molecule has 10 nitrogen and oxygen atoms in total. The minimum Gasteiger partial charge on any atom is -0.475 e. The van der Waals surface area contributed by atoms with E-state index in [0.717, 1.165) is 37.4 Å². The van der Waals surface area contributed by atoms with Crippen LogP contribution < -0.4 is 10.6 Å². The molecule has 1 aromatic heterocycles. The second-order valence-corrected chi connectivity index (χ2v) is 7.51. The van der Waals surface area contributed by atoms with Crippen molar-refractivity contribution in [1.82, 2.24) is 25.4 Å². The largest absolute Gasteiger partial charge is 0.490 e. The zero-order chi connectivity index (χ0) is 23.5. The topological polar surface area (TPSA) is 132 Å². The molecule has 3 aliphatic heterocycles. The van der Waals surface area contributed by atoms with Crippen LogP contribution in [-0.4, -0.2) is 82.0 Å². The van der Waals surface area contributed by atoms with Gasteiger partial charge in [0.05, 0.1) is 5.69 Å². The molecule has 3 amide bonds. The van der Waals surface area contributed by atoms with Crippen molar-refractivity contribution in [2.45, 2.75) is 38.1 Å². The maximum absolute atomic E-state index is 12.8. The number of fused-ring (bicyclic) bond motifs is 1. The van der Waals surface area contributed by atoms with E-state index in [0.29, 0.717) is 25.1 Å². The summed E-state index contributed by atoms with van der Waals surface area (Å²) in [6, 6.07) is 1.15. The number of imide groups is 1. The van der Waals surface area contributed by atoms with Gasteiger partial charge in [-0.05, 0) is 12.5 Å². The first-order chi connectivity index (χ1) is 15.1. The van der Waals surface area contributed by atoms with Crippen molar-refractivity contribution >= 4 is 23.7 Å². The van der Waals surface area contributed by atoms with E-state index in [2.05, 4.69) is 20.5 Å². The molecule has 0 bridgehead atoms. The van der Waals surface area contributed by atoms with Crippen LogP contribution in [0.5, 0.6) is 0 Å². The predicted molar refractivity (Wildman–Crippen MR) is 102 cm³/mol. The Labute approximate surface area is 180 Å². The molecule has 3 aliphatic rings. The van der Waals surface area contributed by atoms with Crippen LogP contribution in [0, 0.1) is 0 Å². The molecule has 1 aromatic rings. The fourth-order valence-electron chi connectivity index (χ4n) is 3.76. The van der Waals surface area contributed by atoms with E-state index in [1.165, 1.54) is 0 Å². The molecular formula is C19H22F3N5O5. The van der Waals surface area contributed by atoms with Gasteiger partial charge in [0.2, 0.25) is 11.8 Å². The zero-order valence-corrected chi connectivity index (χ0v) is 16.9. The number of hydrogen-bond donors (Lipinski definition) is 3. The number of nitrogens with zero attached hydrogens (tertiary/aromatic N) is 3. The third kappa shape index (κ3) is 5.40. The van der Waals surface area contributed by atoms with Gasteiger partial charge < -0.3 is 15.3 Å². The lowest BCUT2D eigenvalue weighted by Gasteiger charge is -2.29. The molecule has 0 aliphatic carbocycles. The van der Waals surface area contributed by atoms with E-state index < -0.39 is 18.2 Å². The smallest absolute Gasteiger partial charge is 0.475 e. The van der Waals surface area contributed by atoms with Crippen LogP contribution in [0.2, 0.25) is 0 Å². The predicted octanol–water partition coefficient (Wildman–Crippen LogP) is -0.119. The molecule has 0 aromatic carbocycles. The van der Waals surface area contributed by atoms with Gasteiger partial charge in [0.25, 0.3) is 5.91 Å².